The summed E-state index contributed by atoms with van der Waals surface area (Å²) in [6.07, 6.45) is 6.18. The Hall–Kier alpha value is -3.22. The largest absolute Gasteiger partial charge is 0.497 e. The second-order valence-corrected chi connectivity index (χ2v) is 6.74. The van der Waals surface area contributed by atoms with Gasteiger partial charge in [-0.25, -0.2) is 9.97 Å². The molecule has 1 aromatic carbocycles. The summed E-state index contributed by atoms with van der Waals surface area (Å²) in [5, 5.41) is 3.77. The van der Waals surface area contributed by atoms with Crippen molar-refractivity contribution >= 4 is 16.8 Å². The topological polar surface area (TPSA) is 86.2 Å². The van der Waals surface area contributed by atoms with Crippen molar-refractivity contribution in [3.63, 3.8) is 0 Å². The number of pyridine rings is 1. The highest BCUT2D eigenvalue weighted by atomic mass is 16.5. The van der Waals surface area contributed by atoms with E-state index in [2.05, 4.69) is 15.3 Å². The Morgan fingerprint density at radius 1 is 1.21 bits per heavy atom. The molecule has 144 valence electrons. The summed E-state index contributed by atoms with van der Waals surface area (Å²) >= 11 is 0. The monoisotopic (exact) mass is 378 g/mol. The van der Waals surface area contributed by atoms with Gasteiger partial charge in [0.1, 0.15) is 5.75 Å². The smallest absolute Gasteiger partial charge is 0.316 e. The number of carbonyl (C=O) groups excluding carboxylic acids is 1. The molecule has 1 amide bonds. The molecule has 2 heterocycles. The number of nitrogens with zero attached hydrogens (tertiary/aromatic N) is 3. The molecule has 2 aromatic heterocycles. The molecule has 4 rings (SSSR count). The molecule has 1 saturated carbocycles. The summed E-state index contributed by atoms with van der Waals surface area (Å²) in [7, 11) is 1.61. The van der Waals surface area contributed by atoms with E-state index in [1.807, 2.05) is 24.3 Å². The highest BCUT2D eigenvalue weighted by Gasteiger charge is 2.27. The fraction of sp³-hybridized carbons (Fsp3) is 0.333. The third kappa shape index (κ3) is 4.19. The van der Waals surface area contributed by atoms with Crippen molar-refractivity contribution < 1.29 is 14.3 Å². The van der Waals surface area contributed by atoms with Crippen molar-refractivity contribution in [3.8, 4) is 11.8 Å². The minimum atomic E-state index is -0.112. The number of methoxy groups -OCH3 is 1. The summed E-state index contributed by atoms with van der Waals surface area (Å²) in [6, 6.07) is 9.64. The summed E-state index contributed by atoms with van der Waals surface area (Å²) in [6.45, 7) is 0.931. The van der Waals surface area contributed by atoms with E-state index in [4.69, 9.17) is 14.5 Å². The summed E-state index contributed by atoms with van der Waals surface area (Å²) in [4.78, 5) is 25.6. The van der Waals surface area contributed by atoms with E-state index in [1.165, 1.54) is 0 Å². The van der Waals surface area contributed by atoms with Gasteiger partial charge in [0.15, 0.2) is 0 Å². The Kier molecular flexibility index (Phi) is 5.32. The van der Waals surface area contributed by atoms with Crippen LogP contribution < -0.4 is 14.8 Å². The number of ether oxygens (including phenoxy) is 2. The molecule has 28 heavy (non-hydrogen) atoms. The van der Waals surface area contributed by atoms with E-state index < -0.39 is 0 Å². The molecule has 0 aliphatic heterocycles. The number of aromatic nitrogens is 3. The van der Waals surface area contributed by atoms with Crippen molar-refractivity contribution in [2.45, 2.75) is 25.2 Å². The van der Waals surface area contributed by atoms with Gasteiger partial charge in [-0.15, -0.1) is 0 Å². The maximum absolute atomic E-state index is 12.8. The van der Waals surface area contributed by atoms with E-state index in [-0.39, 0.29) is 5.91 Å². The molecular formula is C21H22N4O3. The summed E-state index contributed by atoms with van der Waals surface area (Å²) < 4.78 is 10.8. The molecule has 3 aromatic rings. The minimum absolute atomic E-state index is 0.112. The molecule has 1 aliphatic carbocycles. The lowest BCUT2D eigenvalue weighted by Gasteiger charge is -2.11. The highest BCUT2D eigenvalue weighted by Crippen LogP contribution is 2.40. The van der Waals surface area contributed by atoms with Crippen LogP contribution in [0.25, 0.3) is 10.9 Å². The van der Waals surface area contributed by atoms with Crippen molar-refractivity contribution in [1.82, 2.24) is 20.3 Å². The van der Waals surface area contributed by atoms with Crippen LogP contribution in [0.15, 0.2) is 42.7 Å². The van der Waals surface area contributed by atoms with Gasteiger partial charge < -0.3 is 14.8 Å². The van der Waals surface area contributed by atoms with Crippen LogP contribution in [0.2, 0.25) is 0 Å². The van der Waals surface area contributed by atoms with Crippen LogP contribution in [-0.4, -0.2) is 41.1 Å². The molecule has 7 nitrogen and oxygen atoms in total. The lowest BCUT2D eigenvalue weighted by atomic mass is 10.0. The molecule has 0 radical (unpaired) electrons. The lowest BCUT2D eigenvalue weighted by molar-refractivity contribution is 0.0953. The Morgan fingerprint density at radius 2 is 2.04 bits per heavy atom. The number of hydrogen-bond donors (Lipinski definition) is 1. The number of amides is 1. The number of carbonyl (C=O) groups is 1. The van der Waals surface area contributed by atoms with Gasteiger partial charge in [-0.1, -0.05) is 0 Å². The second kappa shape index (κ2) is 8.21. The van der Waals surface area contributed by atoms with Crippen molar-refractivity contribution in [2.75, 3.05) is 20.3 Å². The van der Waals surface area contributed by atoms with Gasteiger partial charge in [-0.3, -0.25) is 9.78 Å². The predicted molar refractivity (Wildman–Crippen MR) is 105 cm³/mol. The number of fused-ring (bicyclic) bond motifs is 1. The zero-order valence-corrected chi connectivity index (χ0v) is 15.7. The average Bonchev–Trinajstić information content (AvgIpc) is 3.58. The molecule has 7 heteroatoms. The molecule has 0 unspecified atom stereocenters. The fourth-order valence-corrected chi connectivity index (χ4v) is 3.02. The van der Waals surface area contributed by atoms with Crippen molar-refractivity contribution in [2.24, 2.45) is 0 Å². The van der Waals surface area contributed by atoms with E-state index in [0.29, 0.717) is 42.8 Å². The summed E-state index contributed by atoms with van der Waals surface area (Å²) in [5.41, 5.74) is 2.45. The first kappa shape index (κ1) is 18.2. The third-order valence-electron chi connectivity index (χ3n) is 4.66. The van der Waals surface area contributed by atoms with Crippen LogP contribution >= 0.6 is 0 Å². The van der Waals surface area contributed by atoms with Gasteiger partial charge >= 0.3 is 6.01 Å². The quantitative estimate of drug-likeness (QED) is 0.606. The SMILES string of the molecule is COc1ccc2nc(C3CC3)cc(C(=O)NCCCOc3ncccn3)c2c1. The maximum Gasteiger partial charge on any atom is 0.316 e. The first-order valence-corrected chi connectivity index (χ1v) is 9.41. The number of benzene rings is 1. The van der Waals surface area contributed by atoms with Crippen LogP contribution in [0, 0.1) is 0 Å². The fourth-order valence-electron chi connectivity index (χ4n) is 3.02. The van der Waals surface area contributed by atoms with Crippen LogP contribution in [0.3, 0.4) is 0 Å². The number of rotatable bonds is 8. The van der Waals surface area contributed by atoms with E-state index >= 15 is 0 Å². The molecule has 0 saturated heterocycles. The first-order chi connectivity index (χ1) is 13.7. The Balaban J connectivity index is 1.43. The molecule has 0 bridgehead atoms. The molecule has 0 atom stereocenters. The van der Waals surface area contributed by atoms with Crippen LogP contribution in [0.1, 0.15) is 41.2 Å². The third-order valence-corrected chi connectivity index (χ3v) is 4.66. The number of hydrogen-bond acceptors (Lipinski definition) is 6. The summed E-state index contributed by atoms with van der Waals surface area (Å²) in [5.74, 6) is 1.06. The van der Waals surface area contributed by atoms with Gasteiger partial charge in [0.05, 0.1) is 24.8 Å². The minimum Gasteiger partial charge on any atom is -0.497 e. The van der Waals surface area contributed by atoms with E-state index in [9.17, 15) is 4.79 Å². The normalized spacial score (nSPS) is 13.3. The number of nitrogens with one attached hydrogen (secondary N) is 1. The van der Waals surface area contributed by atoms with Crippen LogP contribution in [0.4, 0.5) is 0 Å². The van der Waals surface area contributed by atoms with Crippen molar-refractivity contribution in [1.29, 1.82) is 0 Å². The second-order valence-electron chi connectivity index (χ2n) is 6.74. The lowest BCUT2D eigenvalue weighted by Crippen LogP contribution is -2.26. The standard InChI is InChI=1S/C21H22N4O3/c1-27-15-6-7-18-16(12-15)17(13-19(25-18)14-4-5-14)20(26)22-10-3-11-28-21-23-8-2-9-24-21/h2,6-9,12-14H,3-5,10-11H2,1H3,(H,22,26). The van der Waals surface area contributed by atoms with Gasteiger partial charge in [0.25, 0.3) is 5.91 Å². The van der Waals surface area contributed by atoms with Gasteiger partial charge in [-0.05, 0) is 49.6 Å². The van der Waals surface area contributed by atoms with E-state index in [1.54, 1.807) is 25.6 Å². The highest BCUT2D eigenvalue weighted by molar-refractivity contribution is 6.06. The van der Waals surface area contributed by atoms with Crippen molar-refractivity contribution in [3.05, 3.63) is 54.0 Å². The molecule has 1 aliphatic rings. The Morgan fingerprint density at radius 3 is 2.79 bits per heavy atom. The molecule has 1 fully saturated rings. The molecular weight excluding hydrogens is 356 g/mol. The zero-order chi connectivity index (χ0) is 19.3. The molecule has 0 spiro atoms. The molecule has 1 N–H and O–H groups in total. The Bertz CT molecular complexity index is 974. The zero-order valence-electron chi connectivity index (χ0n) is 15.7. The Labute approximate surface area is 163 Å². The van der Waals surface area contributed by atoms with Gasteiger partial charge in [-0.2, -0.15) is 0 Å². The van der Waals surface area contributed by atoms with E-state index in [0.717, 1.165) is 29.4 Å². The van der Waals surface area contributed by atoms with Crippen LogP contribution in [-0.2, 0) is 0 Å². The van der Waals surface area contributed by atoms with Gasteiger partial charge in [0, 0.05) is 35.9 Å². The average molecular weight is 378 g/mol. The first-order valence-electron chi connectivity index (χ1n) is 9.41. The van der Waals surface area contributed by atoms with Gasteiger partial charge in [0.2, 0.25) is 0 Å². The van der Waals surface area contributed by atoms with Crippen LogP contribution in [0.5, 0.6) is 11.8 Å². The maximum atomic E-state index is 12.8. The predicted octanol–water partition coefficient (Wildman–Crippen LogP) is 3.11.